The first-order valence-electron chi connectivity index (χ1n) is 4.56. The van der Waals surface area contributed by atoms with Crippen LogP contribution in [-0.2, 0) is 0 Å². The first-order chi connectivity index (χ1) is 6.38. The highest BCUT2D eigenvalue weighted by atomic mass is 32.1. The average Bonchev–Trinajstić information content (AvgIpc) is 2.20. The lowest BCUT2D eigenvalue weighted by molar-refractivity contribution is 0.615. The number of rotatable bonds is 1. The van der Waals surface area contributed by atoms with Gasteiger partial charge in [0, 0.05) is 12.7 Å². The standard InChI is InChI=1S/C10H12N2S/c13-10-8(4-3-7-12-10)9-5-1-2-6-11-9/h1-2,5-6,8H,3-4,7H2,(H,12,13). The van der Waals surface area contributed by atoms with Crippen molar-refractivity contribution in [2.75, 3.05) is 6.54 Å². The van der Waals surface area contributed by atoms with Crippen LogP contribution in [0.2, 0.25) is 0 Å². The van der Waals surface area contributed by atoms with Gasteiger partial charge in [-0.2, -0.15) is 0 Å². The second-order valence-electron chi connectivity index (χ2n) is 3.24. The molecule has 3 heteroatoms. The molecule has 1 aliphatic rings. The summed E-state index contributed by atoms with van der Waals surface area (Å²) >= 11 is 5.26. The molecular formula is C10H12N2S. The molecule has 1 atom stereocenters. The van der Waals surface area contributed by atoms with Gasteiger partial charge in [0.15, 0.2) is 0 Å². The molecule has 13 heavy (non-hydrogen) atoms. The quantitative estimate of drug-likeness (QED) is 0.688. The summed E-state index contributed by atoms with van der Waals surface area (Å²) in [4.78, 5) is 5.27. The Morgan fingerprint density at radius 2 is 2.38 bits per heavy atom. The molecule has 1 aliphatic heterocycles. The molecule has 1 N–H and O–H groups in total. The molecule has 0 spiro atoms. The second kappa shape index (κ2) is 3.83. The molecule has 2 rings (SSSR count). The number of thiocarbonyl (C=S) groups is 1. The van der Waals surface area contributed by atoms with E-state index in [4.69, 9.17) is 12.2 Å². The zero-order valence-electron chi connectivity index (χ0n) is 7.36. The average molecular weight is 192 g/mol. The molecule has 2 heterocycles. The molecule has 0 amide bonds. The lowest BCUT2D eigenvalue weighted by Gasteiger charge is -2.23. The highest BCUT2D eigenvalue weighted by Gasteiger charge is 2.20. The van der Waals surface area contributed by atoms with Crippen molar-refractivity contribution in [3.8, 4) is 0 Å². The van der Waals surface area contributed by atoms with E-state index in [1.807, 2.05) is 24.4 Å². The van der Waals surface area contributed by atoms with Gasteiger partial charge >= 0.3 is 0 Å². The van der Waals surface area contributed by atoms with E-state index in [1.54, 1.807) is 0 Å². The zero-order valence-corrected chi connectivity index (χ0v) is 8.18. The summed E-state index contributed by atoms with van der Waals surface area (Å²) in [5, 5.41) is 3.22. The smallest absolute Gasteiger partial charge is 0.0845 e. The van der Waals surface area contributed by atoms with E-state index in [1.165, 1.54) is 6.42 Å². The van der Waals surface area contributed by atoms with Gasteiger partial charge in [0.05, 0.1) is 16.6 Å². The molecule has 1 aromatic rings. The van der Waals surface area contributed by atoms with Crippen molar-refractivity contribution < 1.29 is 0 Å². The first kappa shape index (κ1) is 8.63. The van der Waals surface area contributed by atoms with Crippen LogP contribution in [0.25, 0.3) is 0 Å². The predicted octanol–water partition coefficient (Wildman–Crippen LogP) is 1.88. The first-order valence-corrected chi connectivity index (χ1v) is 4.97. The van der Waals surface area contributed by atoms with Crippen LogP contribution in [-0.4, -0.2) is 16.5 Å². The lowest BCUT2D eigenvalue weighted by atomic mass is 9.95. The number of pyridine rings is 1. The molecule has 1 unspecified atom stereocenters. The Kier molecular flexibility index (Phi) is 2.54. The monoisotopic (exact) mass is 192 g/mol. The molecular weight excluding hydrogens is 180 g/mol. The molecule has 1 fully saturated rings. The summed E-state index contributed by atoms with van der Waals surface area (Å²) in [5.74, 6) is 0.338. The number of aromatic nitrogens is 1. The number of nitrogens with one attached hydrogen (secondary N) is 1. The molecule has 1 aromatic heterocycles. The van der Waals surface area contributed by atoms with Crippen LogP contribution in [0.15, 0.2) is 24.4 Å². The number of piperidine rings is 1. The number of nitrogens with zero attached hydrogens (tertiary/aromatic N) is 1. The minimum absolute atomic E-state index is 0.338. The number of hydrogen-bond donors (Lipinski definition) is 1. The second-order valence-corrected chi connectivity index (χ2v) is 3.68. The third-order valence-electron chi connectivity index (χ3n) is 2.33. The molecule has 68 valence electrons. The fourth-order valence-corrected chi connectivity index (χ4v) is 1.98. The van der Waals surface area contributed by atoms with Crippen molar-refractivity contribution in [3.05, 3.63) is 30.1 Å². The van der Waals surface area contributed by atoms with Gasteiger partial charge in [-0.15, -0.1) is 0 Å². The van der Waals surface area contributed by atoms with E-state index in [2.05, 4.69) is 10.3 Å². The molecule has 0 aliphatic carbocycles. The molecule has 1 saturated heterocycles. The lowest BCUT2D eigenvalue weighted by Crippen LogP contribution is -2.33. The van der Waals surface area contributed by atoms with Crippen LogP contribution < -0.4 is 5.32 Å². The van der Waals surface area contributed by atoms with E-state index in [0.29, 0.717) is 5.92 Å². The maximum Gasteiger partial charge on any atom is 0.0845 e. The highest BCUT2D eigenvalue weighted by molar-refractivity contribution is 7.80. The van der Waals surface area contributed by atoms with Gasteiger partial charge in [-0.05, 0) is 25.0 Å². The fraction of sp³-hybridized carbons (Fsp3) is 0.400. The van der Waals surface area contributed by atoms with Crippen molar-refractivity contribution in [2.45, 2.75) is 18.8 Å². The van der Waals surface area contributed by atoms with E-state index >= 15 is 0 Å². The zero-order chi connectivity index (χ0) is 9.10. The SMILES string of the molecule is S=C1NCCCC1c1ccccn1. The van der Waals surface area contributed by atoms with Crippen molar-refractivity contribution >= 4 is 17.2 Å². The number of hydrogen-bond acceptors (Lipinski definition) is 2. The Balaban J connectivity index is 2.20. The fourth-order valence-electron chi connectivity index (χ4n) is 1.64. The summed E-state index contributed by atoms with van der Waals surface area (Å²) in [6.45, 7) is 1.02. The maximum atomic E-state index is 5.26. The van der Waals surface area contributed by atoms with Gasteiger partial charge in [-0.1, -0.05) is 18.3 Å². The minimum atomic E-state index is 0.338. The minimum Gasteiger partial charge on any atom is -0.379 e. The largest absolute Gasteiger partial charge is 0.379 e. The Morgan fingerprint density at radius 3 is 3.08 bits per heavy atom. The Morgan fingerprint density at radius 1 is 1.46 bits per heavy atom. The molecule has 0 radical (unpaired) electrons. The third kappa shape index (κ3) is 1.86. The summed E-state index contributed by atoms with van der Waals surface area (Å²) < 4.78 is 0. The van der Waals surface area contributed by atoms with Crippen LogP contribution in [0, 0.1) is 0 Å². The molecule has 0 bridgehead atoms. The Labute approximate surface area is 83.4 Å². The highest BCUT2D eigenvalue weighted by Crippen LogP contribution is 2.22. The van der Waals surface area contributed by atoms with Gasteiger partial charge in [-0.25, -0.2) is 0 Å². The van der Waals surface area contributed by atoms with Gasteiger partial charge in [0.1, 0.15) is 0 Å². The summed E-state index contributed by atoms with van der Waals surface area (Å²) in [7, 11) is 0. The van der Waals surface area contributed by atoms with Crippen molar-refractivity contribution in [3.63, 3.8) is 0 Å². The topological polar surface area (TPSA) is 24.9 Å². The van der Waals surface area contributed by atoms with E-state index in [-0.39, 0.29) is 0 Å². The molecule has 0 saturated carbocycles. The van der Waals surface area contributed by atoms with Crippen LogP contribution in [0.5, 0.6) is 0 Å². The summed E-state index contributed by atoms with van der Waals surface area (Å²) in [6.07, 6.45) is 4.14. The van der Waals surface area contributed by atoms with Crippen molar-refractivity contribution in [1.82, 2.24) is 10.3 Å². The van der Waals surface area contributed by atoms with Crippen molar-refractivity contribution in [2.24, 2.45) is 0 Å². The van der Waals surface area contributed by atoms with Crippen LogP contribution in [0.3, 0.4) is 0 Å². The van der Waals surface area contributed by atoms with Gasteiger partial charge < -0.3 is 5.32 Å². The molecule has 0 aromatic carbocycles. The van der Waals surface area contributed by atoms with E-state index < -0.39 is 0 Å². The van der Waals surface area contributed by atoms with Crippen LogP contribution in [0.4, 0.5) is 0 Å². The van der Waals surface area contributed by atoms with E-state index in [9.17, 15) is 0 Å². The van der Waals surface area contributed by atoms with Crippen LogP contribution in [0.1, 0.15) is 24.5 Å². The maximum absolute atomic E-state index is 5.26. The summed E-state index contributed by atoms with van der Waals surface area (Å²) in [6, 6.07) is 5.99. The Hall–Kier alpha value is -0.960. The van der Waals surface area contributed by atoms with Crippen LogP contribution >= 0.6 is 12.2 Å². The van der Waals surface area contributed by atoms with Gasteiger partial charge in [-0.3, -0.25) is 4.98 Å². The third-order valence-corrected chi connectivity index (χ3v) is 2.76. The molecule has 2 nitrogen and oxygen atoms in total. The van der Waals surface area contributed by atoms with Crippen molar-refractivity contribution in [1.29, 1.82) is 0 Å². The Bertz CT molecular complexity index is 297. The van der Waals surface area contributed by atoms with Gasteiger partial charge in [0.25, 0.3) is 0 Å². The summed E-state index contributed by atoms with van der Waals surface area (Å²) in [5.41, 5.74) is 1.10. The normalized spacial score (nSPS) is 22.5. The van der Waals surface area contributed by atoms with Gasteiger partial charge in [0.2, 0.25) is 0 Å². The predicted molar refractivity (Wildman–Crippen MR) is 56.8 cm³/mol. The van der Waals surface area contributed by atoms with E-state index in [0.717, 1.165) is 23.6 Å².